The first-order valence-corrected chi connectivity index (χ1v) is 7.72. The molecule has 0 spiro atoms. The molecule has 1 atom stereocenters. The van der Waals surface area contributed by atoms with E-state index in [1.54, 1.807) is 13.1 Å². The Balaban J connectivity index is 2.01. The number of likely N-dealkylation sites (N-methyl/N-ethyl adjacent to an activating group) is 1. The van der Waals surface area contributed by atoms with Gasteiger partial charge in [-0.25, -0.2) is 9.37 Å². The van der Waals surface area contributed by atoms with Gasteiger partial charge in [-0.05, 0) is 25.1 Å². The Morgan fingerprint density at radius 3 is 3.04 bits per heavy atom. The Labute approximate surface area is 138 Å². The third-order valence-corrected chi connectivity index (χ3v) is 4.48. The lowest BCUT2D eigenvalue weighted by atomic mass is 10.1. The summed E-state index contributed by atoms with van der Waals surface area (Å²) in [5.74, 6) is 0.187. The summed E-state index contributed by atoms with van der Waals surface area (Å²) in [6, 6.07) is 4.35. The normalized spacial score (nSPS) is 18.3. The topological polar surface area (TPSA) is 54.5 Å². The Morgan fingerprint density at radius 1 is 1.52 bits per heavy atom. The Morgan fingerprint density at radius 2 is 2.30 bits per heavy atom. The van der Waals surface area contributed by atoms with Crippen LogP contribution in [0, 0.1) is 12.7 Å². The van der Waals surface area contributed by atoms with Crippen molar-refractivity contribution < 1.29 is 13.9 Å². The Kier molecular flexibility index (Phi) is 4.37. The molecule has 3 rings (SSSR count). The molecule has 1 fully saturated rings. The second kappa shape index (κ2) is 6.29. The molecule has 1 saturated heterocycles. The van der Waals surface area contributed by atoms with Crippen molar-refractivity contribution in [1.82, 2.24) is 10.3 Å². The average Bonchev–Trinajstić information content (AvgIpc) is 2.58. The van der Waals surface area contributed by atoms with Crippen LogP contribution in [-0.2, 0) is 9.53 Å². The van der Waals surface area contributed by atoms with Crippen LogP contribution in [0.2, 0.25) is 5.02 Å². The zero-order valence-corrected chi connectivity index (χ0v) is 13.7. The van der Waals surface area contributed by atoms with Crippen LogP contribution in [0.25, 0.3) is 10.9 Å². The van der Waals surface area contributed by atoms with Crippen molar-refractivity contribution in [1.29, 1.82) is 0 Å². The van der Waals surface area contributed by atoms with E-state index in [-0.39, 0.29) is 11.7 Å². The second-order valence-corrected chi connectivity index (χ2v) is 5.83. The largest absolute Gasteiger partial charge is 0.365 e. The van der Waals surface area contributed by atoms with E-state index in [4.69, 9.17) is 16.3 Å². The molecule has 5 nitrogen and oxygen atoms in total. The van der Waals surface area contributed by atoms with Gasteiger partial charge in [0.25, 0.3) is 5.91 Å². The van der Waals surface area contributed by atoms with Crippen molar-refractivity contribution in [2.45, 2.75) is 13.0 Å². The first-order chi connectivity index (χ1) is 11.0. The monoisotopic (exact) mass is 337 g/mol. The number of morpholine rings is 1. The highest BCUT2D eigenvalue weighted by Gasteiger charge is 2.28. The van der Waals surface area contributed by atoms with Crippen LogP contribution in [0.15, 0.2) is 18.2 Å². The van der Waals surface area contributed by atoms with Crippen LogP contribution < -0.4 is 10.2 Å². The van der Waals surface area contributed by atoms with Crippen molar-refractivity contribution in [3.8, 4) is 0 Å². The number of rotatable bonds is 2. The highest BCUT2D eigenvalue weighted by atomic mass is 35.5. The SMILES string of the molecule is CNC(=O)C1CN(c2nc3ccc(F)cc3c(Cl)c2C)CCO1. The smallest absolute Gasteiger partial charge is 0.250 e. The van der Waals surface area contributed by atoms with E-state index in [0.29, 0.717) is 41.4 Å². The third kappa shape index (κ3) is 2.96. The molecule has 23 heavy (non-hydrogen) atoms. The van der Waals surface area contributed by atoms with Crippen LogP contribution in [0.1, 0.15) is 5.56 Å². The average molecular weight is 338 g/mol. The van der Waals surface area contributed by atoms with Gasteiger partial charge >= 0.3 is 0 Å². The molecule has 0 aliphatic carbocycles. The number of pyridine rings is 1. The fraction of sp³-hybridized carbons (Fsp3) is 0.375. The maximum Gasteiger partial charge on any atom is 0.250 e. The number of carbonyl (C=O) groups is 1. The molecule has 1 aromatic carbocycles. The maximum absolute atomic E-state index is 13.4. The summed E-state index contributed by atoms with van der Waals surface area (Å²) in [7, 11) is 1.58. The van der Waals surface area contributed by atoms with Crippen molar-refractivity contribution >= 4 is 34.2 Å². The van der Waals surface area contributed by atoms with Crippen molar-refractivity contribution in [2.75, 3.05) is 31.6 Å². The molecule has 7 heteroatoms. The number of benzene rings is 1. The summed E-state index contributed by atoms with van der Waals surface area (Å²) in [5, 5.41) is 3.66. The van der Waals surface area contributed by atoms with E-state index < -0.39 is 6.10 Å². The summed E-state index contributed by atoms with van der Waals surface area (Å²) in [5.41, 5.74) is 1.39. The molecule has 1 aromatic heterocycles. The standard InChI is InChI=1S/C16H17ClFN3O2/c1-9-14(17)11-7-10(18)3-4-12(11)20-15(9)21-5-6-23-13(8-21)16(22)19-2/h3-4,7,13H,5-6,8H2,1-2H3,(H,19,22). The summed E-state index contributed by atoms with van der Waals surface area (Å²) in [6.07, 6.45) is -0.544. The van der Waals surface area contributed by atoms with Crippen molar-refractivity contribution in [3.05, 3.63) is 34.6 Å². The molecule has 1 amide bonds. The quantitative estimate of drug-likeness (QED) is 0.913. The van der Waals surface area contributed by atoms with Crippen LogP contribution in [0.3, 0.4) is 0 Å². The number of hydrogen-bond acceptors (Lipinski definition) is 4. The minimum Gasteiger partial charge on any atom is -0.365 e. The van der Waals surface area contributed by atoms with Gasteiger partial charge in [0.15, 0.2) is 6.10 Å². The van der Waals surface area contributed by atoms with Gasteiger partial charge in [-0.3, -0.25) is 4.79 Å². The van der Waals surface area contributed by atoms with Crippen molar-refractivity contribution in [2.24, 2.45) is 0 Å². The Hall–Kier alpha value is -1.92. The van der Waals surface area contributed by atoms with Gasteiger partial charge in [-0.15, -0.1) is 0 Å². The van der Waals surface area contributed by atoms with Crippen LogP contribution in [0.4, 0.5) is 10.2 Å². The summed E-state index contributed by atoms with van der Waals surface area (Å²) in [4.78, 5) is 18.4. The molecule has 1 aliphatic heterocycles. The van der Waals surface area contributed by atoms with Gasteiger partial charge in [0, 0.05) is 24.5 Å². The number of aromatic nitrogens is 1. The van der Waals surface area contributed by atoms with Gasteiger partial charge in [0.05, 0.1) is 23.7 Å². The zero-order valence-electron chi connectivity index (χ0n) is 12.9. The molecule has 2 aromatic rings. The summed E-state index contributed by atoms with van der Waals surface area (Å²) >= 11 is 6.40. The predicted octanol–water partition coefficient (Wildman–Crippen LogP) is 2.29. The lowest BCUT2D eigenvalue weighted by Gasteiger charge is -2.34. The predicted molar refractivity (Wildman–Crippen MR) is 87.5 cm³/mol. The number of halogens is 2. The van der Waals surface area contributed by atoms with Gasteiger partial charge in [0.1, 0.15) is 11.6 Å². The second-order valence-electron chi connectivity index (χ2n) is 5.46. The van der Waals surface area contributed by atoms with Crippen LogP contribution >= 0.6 is 11.6 Å². The lowest BCUT2D eigenvalue weighted by molar-refractivity contribution is -0.132. The van der Waals surface area contributed by atoms with Gasteiger partial charge < -0.3 is 15.0 Å². The number of carbonyl (C=O) groups excluding carboxylic acids is 1. The molecule has 1 aliphatic rings. The van der Waals surface area contributed by atoms with E-state index >= 15 is 0 Å². The highest BCUT2D eigenvalue weighted by molar-refractivity contribution is 6.36. The fourth-order valence-electron chi connectivity index (χ4n) is 2.75. The summed E-state index contributed by atoms with van der Waals surface area (Å²) in [6.45, 7) is 3.29. The number of fused-ring (bicyclic) bond motifs is 1. The third-order valence-electron chi connectivity index (χ3n) is 3.99. The number of anilines is 1. The molecule has 2 heterocycles. The number of hydrogen-bond donors (Lipinski definition) is 1. The lowest BCUT2D eigenvalue weighted by Crippen LogP contribution is -2.49. The summed E-state index contributed by atoms with van der Waals surface area (Å²) < 4.78 is 18.9. The number of nitrogens with one attached hydrogen (secondary N) is 1. The van der Waals surface area contributed by atoms with Crippen LogP contribution in [-0.4, -0.2) is 43.7 Å². The number of ether oxygens (including phenoxy) is 1. The molecule has 0 saturated carbocycles. The van der Waals surface area contributed by atoms with Gasteiger partial charge in [-0.2, -0.15) is 0 Å². The molecule has 0 bridgehead atoms. The van der Waals surface area contributed by atoms with E-state index in [0.717, 1.165) is 5.56 Å². The van der Waals surface area contributed by atoms with Crippen molar-refractivity contribution in [3.63, 3.8) is 0 Å². The molecular weight excluding hydrogens is 321 g/mol. The Bertz CT molecular complexity index is 769. The first kappa shape index (κ1) is 16.0. The zero-order chi connectivity index (χ0) is 16.6. The molecule has 0 radical (unpaired) electrons. The van der Waals surface area contributed by atoms with E-state index in [1.165, 1.54) is 12.1 Å². The molecule has 1 N–H and O–H groups in total. The van der Waals surface area contributed by atoms with E-state index in [1.807, 2.05) is 11.8 Å². The number of nitrogens with zero attached hydrogens (tertiary/aromatic N) is 2. The van der Waals surface area contributed by atoms with Crippen LogP contribution in [0.5, 0.6) is 0 Å². The number of amides is 1. The highest BCUT2D eigenvalue weighted by Crippen LogP contribution is 2.33. The molecule has 1 unspecified atom stereocenters. The first-order valence-electron chi connectivity index (χ1n) is 7.34. The van der Waals surface area contributed by atoms with Gasteiger partial charge in [-0.1, -0.05) is 11.6 Å². The van der Waals surface area contributed by atoms with E-state index in [9.17, 15) is 9.18 Å². The maximum atomic E-state index is 13.4. The van der Waals surface area contributed by atoms with Gasteiger partial charge in [0.2, 0.25) is 0 Å². The molecular formula is C16H17ClFN3O2. The minimum atomic E-state index is -0.544. The minimum absolute atomic E-state index is 0.165. The van der Waals surface area contributed by atoms with E-state index in [2.05, 4.69) is 10.3 Å². The fourth-order valence-corrected chi connectivity index (χ4v) is 2.98. The molecule has 122 valence electrons.